The van der Waals surface area contributed by atoms with Gasteiger partial charge in [-0.05, 0) is 32.4 Å². The van der Waals surface area contributed by atoms with Crippen LogP contribution in [0, 0.1) is 13.8 Å². The van der Waals surface area contributed by atoms with Crippen molar-refractivity contribution in [2.24, 2.45) is 0 Å². The molecule has 2 aromatic heterocycles. The fourth-order valence-corrected chi connectivity index (χ4v) is 3.48. The monoisotopic (exact) mass is 379 g/mol. The lowest BCUT2D eigenvalue weighted by atomic mass is 10.1. The number of nitrogens with one attached hydrogen (secondary N) is 1. The molecule has 0 fully saturated rings. The molecule has 2 heterocycles. The number of aryl methyl sites for hydroxylation is 2. The molecule has 2 aromatic rings. The molecule has 0 radical (unpaired) electrons. The highest BCUT2D eigenvalue weighted by Crippen LogP contribution is 2.34. The average Bonchev–Trinajstić information content (AvgIpc) is 3.15. The van der Waals surface area contributed by atoms with Crippen molar-refractivity contribution in [3.05, 3.63) is 34.0 Å². The third-order valence-corrected chi connectivity index (χ3v) is 4.92. The Kier molecular flexibility index (Phi) is 6.51. The number of hydrogen-bond donors (Lipinski definition) is 1. The maximum absolute atomic E-state index is 12.3. The molecule has 0 saturated carbocycles. The van der Waals surface area contributed by atoms with Crippen LogP contribution in [0.2, 0.25) is 0 Å². The number of carbonyl (C=O) groups is 3. The van der Waals surface area contributed by atoms with Crippen LogP contribution in [0.1, 0.15) is 44.6 Å². The number of amides is 1. The van der Waals surface area contributed by atoms with Crippen molar-refractivity contribution in [3.63, 3.8) is 0 Å². The predicted octanol–water partition coefficient (Wildman–Crippen LogP) is 2.55. The minimum Gasteiger partial charge on any atom is -0.465 e. The summed E-state index contributed by atoms with van der Waals surface area (Å²) in [5, 5.41) is 7.09. The third-order valence-electron chi connectivity index (χ3n) is 3.73. The van der Waals surface area contributed by atoms with Crippen LogP contribution in [0.5, 0.6) is 0 Å². The average molecular weight is 379 g/mol. The zero-order chi connectivity index (χ0) is 19.3. The molecule has 0 aromatic carbocycles. The molecule has 9 heteroatoms. The van der Waals surface area contributed by atoms with Gasteiger partial charge in [0.2, 0.25) is 5.91 Å². The first-order chi connectivity index (χ1) is 12.4. The number of methoxy groups -OCH3 is 1. The van der Waals surface area contributed by atoms with Crippen LogP contribution in [0.4, 0.5) is 5.00 Å². The molecular formula is C17H21N3O5S. The molecule has 140 valence electrons. The second-order valence-corrected chi connectivity index (χ2v) is 6.49. The Morgan fingerprint density at radius 1 is 1.27 bits per heavy atom. The Balaban J connectivity index is 2.19. The Hall–Kier alpha value is -2.68. The summed E-state index contributed by atoms with van der Waals surface area (Å²) in [7, 11) is 1.25. The van der Waals surface area contributed by atoms with Gasteiger partial charge in [-0.15, -0.1) is 11.3 Å². The molecule has 0 aliphatic rings. The molecule has 0 aliphatic carbocycles. The highest BCUT2D eigenvalue weighted by atomic mass is 32.1. The maximum atomic E-state index is 12.3. The van der Waals surface area contributed by atoms with Gasteiger partial charge in [-0.1, -0.05) is 0 Å². The summed E-state index contributed by atoms with van der Waals surface area (Å²) in [6.45, 7) is 5.84. The van der Waals surface area contributed by atoms with Gasteiger partial charge in [0, 0.05) is 24.9 Å². The largest absolute Gasteiger partial charge is 0.465 e. The van der Waals surface area contributed by atoms with Crippen LogP contribution in [0.25, 0.3) is 0 Å². The topological polar surface area (TPSA) is 99.5 Å². The van der Waals surface area contributed by atoms with E-state index in [1.54, 1.807) is 24.7 Å². The van der Waals surface area contributed by atoms with Gasteiger partial charge >= 0.3 is 11.9 Å². The maximum Gasteiger partial charge on any atom is 0.348 e. The highest BCUT2D eigenvalue weighted by molar-refractivity contribution is 7.18. The highest BCUT2D eigenvalue weighted by Gasteiger charge is 2.26. The van der Waals surface area contributed by atoms with E-state index in [2.05, 4.69) is 10.4 Å². The number of esters is 2. The van der Waals surface area contributed by atoms with E-state index in [0.717, 1.165) is 17.0 Å². The molecule has 1 amide bonds. The Labute approximate surface area is 155 Å². The van der Waals surface area contributed by atoms with E-state index in [0.29, 0.717) is 12.1 Å². The van der Waals surface area contributed by atoms with Crippen LogP contribution < -0.4 is 5.32 Å². The molecule has 0 spiro atoms. The molecule has 0 unspecified atom stereocenters. The number of hydrogen-bond acceptors (Lipinski definition) is 7. The van der Waals surface area contributed by atoms with Crippen LogP contribution in [0.15, 0.2) is 12.3 Å². The summed E-state index contributed by atoms with van der Waals surface area (Å²) in [6, 6.07) is 1.85. The lowest BCUT2D eigenvalue weighted by Gasteiger charge is -2.07. The first-order valence-corrected chi connectivity index (χ1v) is 8.87. The van der Waals surface area contributed by atoms with Gasteiger partial charge in [-0.3, -0.25) is 9.48 Å². The van der Waals surface area contributed by atoms with Crippen molar-refractivity contribution in [2.45, 2.75) is 33.7 Å². The summed E-state index contributed by atoms with van der Waals surface area (Å²) in [5.74, 6) is -1.44. The van der Waals surface area contributed by atoms with Crippen molar-refractivity contribution in [3.8, 4) is 0 Å². The van der Waals surface area contributed by atoms with Gasteiger partial charge in [0.15, 0.2) is 0 Å². The van der Waals surface area contributed by atoms with Crippen LogP contribution in [0.3, 0.4) is 0 Å². The van der Waals surface area contributed by atoms with E-state index in [-0.39, 0.29) is 34.4 Å². The van der Waals surface area contributed by atoms with E-state index in [9.17, 15) is 14.4 Å². The van der Waals surface area contributed by atoms with Crippen molar-refractivity contribution < 1.29 is 23.9 Å². The number of aromatic nitrogens is 2. The molecular weight excluding hydrogens is 358 g/mol. The second kappa shape index (κ2) is 8.61. The first-order valence-electron chi connectivity index (χ1n) is 8.06. The van der Waals surface area contributed by atoms with E-state index >= 15 is 0 Å². The summed E-state index contributed by atoms with van der Waals surface area (Å²) in [5.41, 5.74) is 1.55. The number of anilines is 1. The van der Waals surface area contributed by atoms with Gasteiger partial charge in [0.25, 0.3) is 0 Å². The van der Waals surface area contributed by atoms with Crippen LogP contribution in [-0.2, 0) is 20.8 Å². The van der Waals surface area contributed by atoms with E-state index in [1.165, 1.54) is 7.11 Å². The number of nitrogens with zero attached hydrogens (tertiary/aromatic N) is 2. The summed E-state index contributed by atoms with van der Waals surface area (Å²) in [4.78, 5) is 36.7. The van der Waals surface area contributed by atoms with E-state index < -0.39 is 11.9 Å². The number of thiophene rings is 1. The molecule has 1 N–H and O–H groups in total. The van der Waals surface area contributed by atoms with Gasteiger partial charge in [-0.25, -0.2) is 9.59 Å². The summed E-state index contributed by atoms with van der Waals surface area (Å²) in [6.07, 6.45) is 1.84. The predicted molar refractivity (Wildman–Crippen MR) is 96.6 cm³/mol. The van der Waals surface area contributed by atoms with Crippen LogP contribution in [-0.4, -0.2) is 41.3 Å². The summed E-state index contributed by atoms with van der Waals surface area (Å²) >= 11 is 1.00. The molecule has 2 rings (SSSR count). The molecule has 8 nitrogen and oxygen atoms in total. The Bertz CT molecular complexity index is 824. The number of ether oxygens (including phenoxy) is 2. The van der Waals surface area contributed by atoms with Crippen LogP contribution >= 0.6 is 11.3 Å². The van der Waals surface area contributed by atoms with Gasteiger partial charge in [0.05, 0.1) is 19.3 Å². The van der Waals surface area contributed by atoms with Crippen molar-refractivity contribution in [2.75, 3.05) is 19.0 Å². The number of rotatable bonds is 7. The Morgan fingerprint density at radius 3 is 2.58 bits per heavy atom. The quantitative estimate of drug-likeness (QED) is 0.742. The summed E-state index contributed by atoms with van der Waals surface area (Å²) < 4.78 is 11.5. The van der Waals surface area contributed by atoms with Gasteiger partial charge < -0.3 is 14.8 Å². The lowest BCUT2D eigenvalue weighted by molar-refractivity contribution is -0.116. The standard InChI is InChI=1S/C17H21N3O5S/c1-5-25-17(23)14-11(3)13(16(22)24-4)15(26-14)19-12(21)7-9-20-10(2)6-8-18-20/h6,8H,5,7,9H2,1-4H3,(H,19,21). The molecule has 0 aliphatic heterocycles. The molecule has 0 saturated heterocycles. The third kappa shape index (κ3) is 4.29. The number of carbonyl (C=O) groups excluding carboxylic acids is 3. The minimum absolute atomic E-state index is 0.171. The van der Waals surface area contributed by atoms with E-state index in [4.69, 9.17) is 9.47 Å². The zero-order valence-electron chi connectivity index (χ0n) is 15.1. The molecule has 0 atom stereocenters. The van der Waals surface area contributed by atoms with Crippen molar-refractivity contribution in [1.82, 2.24) is 9.78 Å². The second-order valence-electron chi connectivity index (χ2n) is 5.47. The molecule has 0 bridgehead atoms. The molecule has 26 heavy (non-hydrogen) atoms. The van der Waals surface area contributed by atoms with E-state index in [1.807, 2.05) is 13.0 Å². The zero-order valence-corrected chi connectivity index (χ0v) is 15.9. The van der Waals surface area contributed by atoms with Crippen molar-refractivity contribution >= 4 is 34.2 Å². The smallest absolute Gasteiger partial charge is 0.348 e. The van der Waals surface area contributed by atoms with Crippen molar-refractivity contribution in [1.29, 1.82) is 0 Å². The normalized spacial score (nSPS) is 10.5. The van der Waals surface area contributed by atoms with Gasteiger partial charge in [0.1, 0.15) is 9.88 Å². The van der Waals surface area contributed by atoms with Gasteiger partial charge in [-0.2, -0.15) is 5.10 Å². The Morgan fingerprint density at radius 2 is 2.00 bits per heavy atom. The fourth-order valence-electron chi connectivity index (χ4n) is 2.37. The first kappa shape index (κ1) is 19.6. The fraction of sp³-hybridized carbons (Fsp3) is 0.412. The SMILES string of the molecule is CCOC(=O)c1sc(NC(=O)CCn2nccc2C)c(C(=O)OC)c1C. The minimum atomic E-state index is -0.618. The lowest BCUT2D eigenvalue weighted by Crippen LogP contribution is -2.17.